The van der Waals surface area contributed by atoms with Crippen molar-refractivity contribution in [3.8, 4) is 17.3 Å². The Morgan fingerprint density at radius 1 is 1.16 bits per heavy atom. The third-order valence-electron chi connectivity index (χ3n) is 3.78. The van der Waals surface area contributed by atoms with Gasteiger partial charge in [-0.25, -0.2) is 0 Å². The standard InChI is InChI=1S/C16H14N6O2S/c1-10-5-3-6-12(11(10)2)22-16(18-20-21-22)25-9-14-17-15(19-24-14)13-7-4-8-23-13/h3-8H,9H2,1-2H3. The third-order valence-corrected chi connectivity index (χ3v) is 4.68. The second kappa shape index (κ2) is 6.52. The zero-order chi connectivity index (χ0) is 17.2. The van der Waals surface area contributed by atoms with Crippen molar-refractivity contribution in [2.24, 2.45) is 0 Å². The molecule has 126 valence electrons. The maximum Gasteiger partial charge on any atom is 0.238 e. The lowest BCUT2D eigenvalue weighted by Gasteiger charge is -2.08. The number of aryl methyl sites for hydroxylation is 1. The molecule has 0 aliphatic rings. The topological polar surface area (TPSA) is 95.7 Å². The molecule has 0 radical (unpaired) electrons. The molecule has 8 nitrogen and oxygen atoms in total. The first-order valence-corrected chi connectivity index (χ1v) is 8.55. The highest BCUT2D eigenvalue weighted by Gasteiger charge is 2.15. The molecule has 0 unspecified atom stereocenters. The normalized spacial score (nSPS) is 11.1. The molecule has 4 aromatic rings. The summed E-state index contributed by atoms with van der Waals surface area (Å²) in [5.74, 6) is 1.93. The van der Waals surface area contributed by atoms with Gasteiger partial charge < -0.3 is 8.94 Å². The minimum Gasteiger partial charge on any atom is -0.461 e. The van der Waals surface area contributed by atoms with Gasteiger partial charge in [0.05, 0.1) is 17.7 Å². The van der Waals surface area contributed by atoms with Gasteiger partial charge in [0.25, 0.3) is 0 Å². The molecule has 4 rings (SSSR count). The molecule has 0 fully saturated rings. The van der Waals surface area contributed by atoms with Crippen LogP contribution >= 0.6 is 11.8 Å². The number of rotatable bonds is 5. The quantitative estimate of drug-likeness (QED) is 0.504. The summed E-state index contributed by atoms with van der Waals surface area (Å²) in [4.78, 5) is 4.32. The molecular formula is C16H14N6O2S. The Morgan fingerprint density at radius 3 is 2.92 bits per heavy atom. The van der Waals surface area contributed by atoms with Gasteiger partial charge in [-0.15, -0.1) is 5.10 Å². The van der Waals surface area contributed by atoms with E-state index >= 15 is 0 Å². The summed E-state index contributed by atoms with van der Waals surface area (Å²) in [5.41, 5.74) is 3.27. The van der Waals surface area contributed by atoms with E-state index < -0.39 is 0 Å². The Kier molecular flexibility index (Phi) is 4.06. The predicted molar refractivity (Wildman–Crippen MR) is 90.2 cm³/mol. The summed E-state index contributed by atoms with van der Waals surface area (Å²) >= 11 is 1.43. The van der Waals surface area contributed by atoms with Crippen molar-refractivity contribution in [2.75, 3.05) is 0 Å². The summed E-state index contributed by atoms with van der Waals surface area (Å²) in [6, 6.07) is 9.60. The Morgan fingerprint density at radius 2 is 2.08 bits per heavy atom. The number of furan rings is 1. The molecule has 9 heteroatoms. The lowest BCUT2D eigenvalue weighted by molar-refractivity contribution is 0.390. The van der Waals surface area contributed by atoms with Crippen LogP contribution in [0.15, 0.2) is 50.7 Å². The molecule has 0 saturated carbocycles. The predicted octanol–water partition coefficient (Wildman–Crippen LogP) is 3.21. The molecule has 0 N–H and O–H groups in total. The number of benzene rings is 1. The van der Waals surface area contributed by atoms with Crippen molar-refractivity contribution in [1.82, 2.24) is 30.3 Å². The van der Waals surface area contributed by atoms with Crippen LogP contribution in [0, 0.1) is 13.8 Å². The van der Waals surface area contributed by atoms with E-state index in [1.165, 1.54) is 17.3 Å². The summed E-state index contributed by atoms with van der Waals surface area (Å²) in [7, 11) is 0. The second-order valence-electron chi connectivity index (χ2n) is 5.37. The van der Waals surface area contributed by atoms with E-state index in [0.717, 1.165) is 11.3 Å². The van der Waals surface area contributed by atoms with Crippen LogP contribution in [0.3, 0.4) is 0 Å². The van der Waals surface area contributed by atoms with Gasteiger partial charge in [-0.3, -0.25) is 0 Å². The Balaban J connectivity index is 1.53. The molecule has 25 heavy (non-hydrogen) atoms. The number of thioether (sulfide) groups is 1. The maximum atomic E-state index is 5.26. The summed E-state index contributed by atoms with van der Waals surface area (Å²) in [6.45, 7) is 4.11. The Hall–Kier alpha value is -2.94. The van der Waals surface area contributed by atoms with Crippen LogP contribution in [0.4, 0.5) is 0 Å². The average Bonchev–Trinajstić information content (AvgIpc) is 3.36. The van der Waals surface area contributed by atoms with Gasteiger partial charge >= 0.3 is 0 Å². The van der Waals surface area contributed by atoms with Crippen molar-refractivity contribution >= 4 is 11.8 Å². The minimum atomic E-state index is 0.426. The number of hydrogen-bond donors (Lipinski definition) is 0. The lowest BCUT2D eigenvalue weighted by Crippen LogP contribution is -2.02. The SMILES string of the molecule is Cc1cccc(-n2nnnc2SCc2nc(-c3ccco3)no2)c1C. The monoisotopic (exact) mass is 354 g/mol. The summed E-state index contributed by atoms with van der Waals surface area (Å²) in [5, 5.41) is 16.6. The first kappa shape index (κ1) is 15.6. The molecule has 3 aromatic heterocycles. The molecule has 0 amide bonds. The van der Waals surface area contributed by atoms with Crippen LogP contribution in [0.5, 0.6) is 0 Å². The van der Waals surface area contributed by atoms with E-state index in [9.17, 15) is 0 Å². The van der Waals surface area contributed by atoms with Gasteiger partial charge in [-0.1, -0.05) is 29.1 Å². The molecule has 0 atom stereocenters. The Bertz CT molecular complexity index is 992. The van der Waals surface area contributed by atoms with E-state index in [1.54, 1.807) is 23.1 Å². The second-order valence-corrected chi connectivity index (χ2v) is 6.31. The van der Waals surface area contributed by atoms with Crippen LogP contribution in [-0.4, -0.2) is 30.3 Å². The maximum absolute atomic E-state index is 5.26. The van der Waals surface area contributed by atoms with E-state index in [0.29, 0.717) is 28.4 Å². The molecule has 0 aliphatic carbocycles. The highest BCUT2D eigenvalue weighted by atomic mass is 32.2. The van der Waals surface area contributed by atoms with Gasteiger partial charge in [-0.05, 0) is 53.6 Å². The van der Waals surface area contributed by atoms with Crippen molar-refractivity contribution in [2.45, 2.75) is 24.8 Å². The zero-order valence-corrected chi connectivity index (χ0v) is 14.4. The molecular weight excluding hydrogens is 340 g/mol. The number of nitrogens with zero attached hydrogens (tertiary/aromatic N) is 6. The first-order valence-electron chi connectivity index (χ1n) is 7.56. The van der Waals surface area contributed by atoms with E-state index in [4.69, 9.17) is 8.94 Å². The van der Waals surface area contributed by atoms with E-state index in [1.807, 2.05) is 12.1 Å². The van der Waals surface area contributed by atoms with Crippen LogP contribution in [0.2, 0.25) is 0 Å². The highest BCUT2D eigenvalue weighted by Crippen LogP contribution is 2.25. The fourth-order valence-electron chi connectivity index (χ4n) is 2.33. The number of hydrogen-bond acceptors (Lipinski definition) is 8. The summed E-state index contributed by atoms with van der Waals surface area (Å²) in [6.07, 6.45) is 1.57. The van der Waals surface area contributed by atoms with Gasteiger partial charge in [0.2, 0.25) is 16.9 Å². The lowest BCUT2D eigenvalue weighted by atomic mass is 10.1. The average molecular weight is 354 g/mol. The Labute approximate surface area is 147 Å². The van der Waals surface area contributed by atoms with Crippen LogP contribution in [0.25, 0.3) is 17.3 Å². The van der Waals surface area contributed by atoms with Gasteiger partial charge in [-0.2, -0.15) is 9.67 Å². The molecule has 0 aliphatic heterocycles. The van der Waals surface area contributed by atoms with E-state index in [2.05, 4.69) is 45.6 Å². The van der Waals surface area contributed by atoms with Crippen LogP contribution in [0.1, 0.15) is 17.0 Å². The molecule has 3 heterocycles. The summed E-state index contributed by atoms with van der Waals surface area (Å²) < 4.78 is 12.2. The number of tetrazole rings is 1. The molecule has 1 aromatic carbocycles. The van der Waals surface area contributed by atoms with Gasteiger partial charge in [0, 0.05) is 0 Å². The van der Waals surface area contributed by atoms with E-state index in [-0.39, 0.29) is 0 Å². The largest absolute Gasteiger partial charge is 0.461 e. The zero-order valence-electron chi connectivity index (χ0n) is 13.6. The smallest absolute Gasteiger partial charge is 0.238 e. The third kappa shape index (κ3) is 3.05. The van der Waals surface area contributed by atoms with Gasteiger partial charge in [0.1, 0.15) is 0 Å². The minimum absolute atomic E-state index is 0.426. The van der Waals surface area contributed by atoms with Crippen molar-refractivity contribution in [1.29, 1.82) is 0 Å². The van der Waals surface area contributed by atoms with Gasteiger partial charge in [0.15, 0.2) is 5.76 Å². The van der Waals surface area contributed by atoms with Crippen molar-refractivity contribution < 1.29 is 8.94 Å². The highest BCUT2D eigenvalue weighted by molar-refractivity contribution is 7.98. The van der Waals surface area contributed by atoms with Crippen molar-refractivity contribution in [3.63, 3.8) is 0 Å². The molecule has 0 saturated heterocycles. The van der Waals surface area contributed by atoms with Crippen molar-refractivity contribution in [3.05, 3.63) is 53.6 Å². The fourth-order valence-corrected chi connectivity index (χ4v) is 3.05. The van der Waals surface area contributed by atoms with Crippen LogP contribution in [-0.2, 0) is 5.75 Å². The number of aromatic nitrogens is 6. The molecule has 0 spiro atoms. The van der Waals surface area contributed by atoms with Crippen LogP contribution < -0.4 is 0 Å². The first-order chi connectivity index (χ1) is 12.2. The molecule has 0 bridgehead atoms. The fraction of sp³-hybridized carbons (Fsp3) is 0.188.